The van der Waals surface area contributed by atoms with E-state index in [0.717, 1.165) is 16.8 Å². The summed E-state index contributed by atoms with van der Waals surface area (Å²) >= 11 is 5.89. The fraction of sp³-hybridized carbons (Fsp3) is 0.208. The highest BCUT2D eigenvalue weighted by atomic mass is 35.5. The van der Waals surface area contributed by atoms with Crippen molar-refractivity contribution in [1.82, 2.24) is 5.32 Å². The average Bonchev–Trinajstić information content (AvgIpc) is 3.23. The number of hydrogen-bond donors (Lipinski definition) is 1. The predicted molar refractivity (Wildman–Crippen MR) is 125 cm³/mol. The minimum Gasteiger partial charge on any atom is -0.484 e. The zero-order chi connectivity index (χ0) is 22.7. The van der Waals surface area contributed by atoms with Crippen LogP contribution in [0.5, 0.6) is 5.75 Å². The quantitative estimate of drug-likeness (QED) is 0.557. The molecule has 1 amide bonds. The van der Waals surface area contributed by atoms with E-state index in [1.165, 1.54) is 16.4 Å². The Labute approximate surface area is 192 Å². The lowest BCUT2D eigenvalue weighted by molar-refractivity contribution is -0.123. The second-order valence-electron chi connectivity index (χ2n) is 7.56. The number of carbonyl (C=O) groups is 1. The number of halogens is 1. The van der Waals surface area contributed by atoms with Crippen LogP contribution in [0, 0.1) is 0 Å². The number of ether oxygens (including phenoxy) is 1. The minimum atomic E-state index is -3.66. The standard InChI is InChI=1S/C24H23ClN2O4S/c1-17(18-6-8-20(25)9-7-18)26-24(28)16-31-21-10-12-22(13-11-21)32(29,30)27-15-14-19-4-2-3-5-23(19)27/h2-13,17H,14-16H2,1H3,(H,26,28)/t17-/m1/s1. The topological polar surface area (TPSA) is 75.7 Å². The molecule has 3 aromatic carbocycles. The van der Waals surface area contributed by atoms with Gasteiger partial charge in [-0.15, -0.1) is 0 Å². The first-order chi connectivity index (χ1) is 15.3. The third-order valence-electron chi connectivity index (χ3n) is 5.37. The molecular formula is C24H23ClN2O4S. The second kappa shape index (κ2) is 9.22. The summed E-state index contributed by atoms with van der Waals surface area (Å²) < 4.78 is 33.1. The van der Waals surface area contributed by atoms with Crippen LogP contribution in [0.15, 0.2) is 77.7 Å². The Balaban J connectivity index is 1.36. The molecule has 0 unspecified atom stereocenters. The summed E-state index contributed by atoms with van der Waals surface area (Å²) in [5.74, 6) is 0.137. The molecule has 4 rings (SSSR count). The molecule has 0 fully saturated rings. The summed E-state index contributed by atoms with van der Waals surface area (Å²) in [6.07, 6.45) is 0.695. The van der Waals surface area contributed by atoms with Gasteiger partial charge in [-0.2, -0.15) is 0 Å². The summed E-state index contributed by atoms with van der Waals surface area (Å²) in [7, 11) is -3.66. The Morgan fingerprint density at radius 2 is 1.75 bits per heavy atom. The molecule has 0 saturated heterocycles. The van der Waals surface area contributed by atoms with Crippen molar-refractivity contribution < 1.29 is 17.9 Å². The van der Waals surface area contributed by atoms with Crippen LogP contribution in [0.4, 0.5) is 5.69 Å². The normalized spacial score (nSPS) is 14.0. The first-order valence-corrected chi connectivity index (χ1v) is 12.0. The van der Waals surface area contributed by atoms with Gasteiger partial charge in [0.1, 0.15) is 5.75 Å². The van der Waals surface area contributed by atoms with Gasteiger partial charge in [-0.1, -0.05) is 41.9 Å². The first-order valence-electron chi connectivity index (χ1n) is 10.2. The highest BCUT2D eigenvalue weighted by Crippen LogP contribution is 2.33. The maximum absolute atomic E-state index is 13.1. The molecule has 0 aliphatic carbocycles. The van der Waals surface area contributed by atoms with E-state index in [2.05, 4.69) is 5.32 Å². The molecule has 6 nitrogen and oxygen atoms in total. The van der Waals surface area contributed by atoms with Gasteiger partial charge in [0, 0.05) is 11.6 Å². The number of rotatable bonds is 7. The maximum Gasteiger partial charge on any atom is 0.264 e. The highest BCUT2D eigenvalue weighted by Gasteiger charge is 2.30. The van der Waals surface area contributed by atoms with Crippen LogP contribution < -0.4 is 14.4 Å². The largest absolute Gasteiger partial charge is 0.484 e. The Morgan fingerprint density at radius 3 is 2.47 bits per heavy atom. The minimum absolute atomic E-state index is 0.177. The highest BCUT2D eigenvalue weighted by molar-refractivity contribution is 7.92. The van der Waals surface area contributed by atoms with Crippen LogP contribution in [0.25, 0.3) is 0 Å². The Bertz CT molecular complexity index is 1210. The van der Waals surface area contributed by atoms with Crippen molar-refractivity contribution in [2.75, 3.05) is 17.5 Å². The molecule has 1 atom stereocenters. The number of benzene rings is 3. The van der Waals surface area contributed by atoms with Crippen LogP contribution >= 0.6 is 11.6 Å². The number of para-hydroxylation sites is 1. The molecule has 1 aliphatic heterocycles. The van der Waals surface area contributed by atoms with E-state index in [9.17, 15) is 13.2 Å². The van der Waals surface area contributed by atoms with E-state index < -0.39 is 10.0 Å². The maximum atomic E-state index is 13.1. The molecule has 0 bridgehead atoms. The number of sulfonamides is 1. The van der Waals surface area contributed by atoms with Gasteiger partial charge in [-0.05, 0) is 66.9 Å². The SMILES string of the molecule is C[C@@H](NC(=O)COc1ccc(S(=O)(=O)N2CCc3ccccc32)cc1)c1ccc(Cl)cc1. The molecule has 0 radical (unpaired) electrons. The second-order valence-corrected chi connectivity index (χ2v) is 9.86. The van der Waals surface area contributed by atoms with Crippen molar-refractivity contribution in [3.8, 4) is 5.75 Å². The van der Waals surface area contributed by atoms with Gasteiger partial charge in [-0.25, -0.2) is 8.42 Å². The molecule has 1 aliphatic rings. The monoisotopic (exact) mass is 470 g/mol. The Hall–Kier alpha value is -3.03. The lowest BCUT2D eigenvalue weighted by atomic mass is 10.1. The van der Waals surface area contributed by atoms with Gasteiger partial charge >= 0.3 is 0 Å². The van der Waals surface area contributed by atoms with E-state index in [-0.39, 0.29) is 23.5 Å². The van der Waals surface area contributed by atoms with Crippen molar-refractivity contribution in [1.29, 1.82) is 0 Å². The van der Waals surface area contributed by atoms with Gasteiger partial charge in [0.25, 0.3) is 15.9 Å². The van der Waals surface area contributed by atoms with Crippen molar-refractivity contribution >= 4 is 33.2 Å². The molecule has 166 valence electrons. The zero-order valence-corrected chi connectivity index (χ0v) is 19.1. The number of anilines is 1. The molecule has 1 heterocycles. The molecular weight excluding hydrogens is 448 g/mol. The summed E-state index contributed by atoms with van der Waals surface area (Å²) in [4.78, 5) is 12.4. The van der Waals surface area contributed by atoms with Crippen molar-refractivity contribution in [3.63, 3.8) is 0 Å². The van der Waals surface area contributed by atoms with E-state index in [0.29, 0.717) is 23.7 Å². The van der Waals surface area contributed by atoms with Crippen LogP contribution in [-0.2, 0) is 21.2 Å². The van der Waals surface area contributed by atoms with Crippen molar-refractivity contribution in [2.24, 2.45) is 0 Å². The fourth-order valence-corrected chi connectivity index (χ4v) is 5.29. The van der Waals surface area contributed by atoms with Gasteiger partial charge in [0.15, 0.2) is 6.61 Å². The van der Waals surface area contributed by atoms with Gasteiger partial charge in [0.2, 0.25) is 0 Å². The van der Waals surface area contributed by atoms with Crippen molar-refractivity contribution in [2.45, 2.75) is 24.3 Å². The summed E-state index contributed by atoms with van der Waals surface area (Å²) in [6.45, 7) is 2.12. The predicted octanol–water partition coefficient (Wildman–Crippen LogP) is 4.35. The van der Waals surface area contributed by atoms with E-state index >= 15 is 0 Å². The van der Waals surface area contributed by atoms with Gasteiger partial charge in [-0.3, -0.25) is 9.10 Å². The van der Waals surface area contributed by atoms with Crippen LogP contribution in [0.1, 0.15) is 24.1 Å². The number of nitrogens with zero attached hydrogens (tertiary/aromatic N) is 1. The number of amides is 1. The molecule has 0 aromatic heterocycles. The van der Waals surface area contributed by atoms with E-state index in [4.69, 9.17) is 16.3 Å². The van der Waals surface area contributed by atoms with E-state index in [1.807, 2.05) is 43.3 Å². The molecule has 0 saturated carbocycles. The fourth-order valence-electron chi connectivity index (χ4n) is 3.66. The smallest absolute Gasteiger partial charge is 0.264 e. The lowest BCUT2D eigenvalue weighted by Crippen LogP contribution is -2.31. The van der Waals surface area contributed by atoms with Crippen LogP contribution in [0.2, 0.25) is 5.02 Å². The zero-order valence-electron chi connectivity index (χ0n) is 17.5. The molecule has 3 aromatic rings. The molecule has 8 heteroatoms. The van der Waals surface area contributed by atoms with Gasteiger partial charge < -0.3 is 10.1 Å². The van der Waals surface area contributed by atoms with E-state index in [1.54, 1.807) is 24.3 Å². The number of fused-ring (bicyclic) bond motifs is 1. The van der Waals surface area contributed by atoms with Crippen LogP contribution in [-0.4, -0.2) is 27.5 Å². The first kappa shape index (κ1) is 22.2. The number of nitrogens with one attached hydrogen (secondary N) is 1. The third-order valence-corrected chi connectivity index (χ3v) is 7.45. The summed E-state index contributed by atoms with van der Waals surface area (Å²) in [5.41, 5.74) is 2.68. The molecule has 32 heavy (non-hydrogen) atoms. The van der Waals surface area contributed by atoms with Crippen LogP contribution in [0.3, 0.4) is 0 Å². The van der Waals surface area contributed by atoms with Crippen molar-refractivity contribution in [3.05, 3.63) is 88.9 Å². The lowest BCUT2D eigenvalue weighted by Gasteiger charge is -2.19. The number of hydrogen-bond acceptors (Lipinski definition) is 4. The number of carbonyl (C=O) groups excluding carboxylic acids is 1. The van der Waals surface area contributed by atoms with Gasteiger partial charge in [0.05, 0.1) is 16.6 Å². The Kier molecular flexibility index (Phi) is 6.39. The average molecular weight is 471 g/mol. The summed E-state index contributed by atoms with van der Waals surface area (Å²) in [6, 6.07) is 20.7. The molecule has 0 spiro atoms. The summed E-state index contributed by atoms with van der Waals surface area (Å²) in [5, 5.41) is 3.49. The Morgan fingerprint density at radius 1 is 1.06 bits per heavy atom. The third kappa shape index (κ3) is 4.74. The molecule has 1 N–H and O–H groups in total.